The molecule has 0 aliphatic heterocycles. The Hall–Kier alpha value is -1.55. The van der Waals surface area contributed by atoms with Crippen LogP contribution in [0.5, 0.6) is 5.75 Å². The second-order valence-electron chi connectivity index (χ2n) is 6.01. The van der Waals surface area contributed by atoms with Crippen LogP contribution in [-0.4, -0.2) is 32.3 Å². The van der Waals surface area contributed by atoms with Gasteiger partial charge in [0, 0.05) is 12.1 Å². The molecule has 1 N–H and O–H groups in total. The summed E-state index contributed by atoms with van der Waals surface area (Å²) in [6.07, 6.45) is 5.68. The molecule has 1 aromatic rings. The maximum atomic E-state index is 12.0. The van der Waals surface area contributed by atoms with Crippen molar-refractivity contribution >= 4 is 5.91 Å². The number of ether oxygens (including phenoxy) is 2. The predicted molar refractivity (Wildman–Crippen MR) is 87.1 cm³/mol. The maximum Gasteiger partial charge on any atom is 0.224 e. The topological polar surface area (TPSA) is 47.6 Å². The number of benzene rings is 1. The van der Waals surface area contributed by atoms with Crippen LogP contribution in [0, 0.1) is 5.92 Å². The van der Waals surface area contributed by atoms with E-state index in [1.54, 1.807) is 7.11 Å². The van der Waals surface area contributed by atoms with Crippen LogP contribution in [-0.2, 0) is 16.0 Å². The molecule has 1 aromatic carbocycles. The van der Waals surface area contributed by atoms with Crippen molar-refractivity contribution in [1.82, 2.24) is 5.32 Å². The molecule has 0 spiro atoms. The van der Waals surface area contributed by atoms with E-state index in [0.29, 0.717) is 31.6 Å². The Morgan fingerprint density at radius 1 is 1.27 bits per heavy atom. The standard InChI is InChI=1S/C18H27NO3/c1-14-7-3-5-9-16(14)22-12-11-19-18(20)13-15-8-4-6-10-17(15)21-2/h4,6,8,10,14,16H,3,5,7,9,11-13H2,1-2H3,(H,19,20)/t14-,16+/m0/s1. The molecular weight excluding hydrogens is 278 g/mol. The number of carbonyl (C=O) groups is 1. The third-order valence-electron chi connectivity index (χ3n) is 4.33. The molecule has 1 fully saturated rings. The average molecular weight is 305 g/mol. The van der Waals surface area contributed by atoms with Crippen LogP contribution in [0.25, 0.3) is 0 Å². The molecule has 0 saturated heterocycles. The van der Waals surface area contributed by atoms with E-state index in [1.807, 2.05) is 24.3 Å². The second kappa shape index (κ2) is 8.79. The molecule has 0 aromatic heterocycles. The zero-order valence-electron chi connectivity index (χ0n) is 13.6. The molecule has 4 nitrogen and oxygen atoms in total. The molecule has 1 amide bonds. The van der Waals surface area contributed by atoms with Crippen molar-refractivity contribution < 1.29 is 14.3 Å². The highest BCUT2D eigenvalue weighted by molar-refractivity contribution is 5.79. The smallest absolute Gasteiger partial charge is 0.224 e. The molecule has 2 atom stereocenters. The van der Waals surface area contributed by atoms with E-state index in [9.17, 15) is 4.79 Å². The predicted octanol–water partition coefficient (Wildman–Crippen LogP) is 2.95. The van der Waals surface area contributed by atoms with Crippen molar-refractivity contribution in [2.24, 2.45) is 5.92 Å². The largest absolute Gasteiger partial charge is 0.496 e. The Morgan fingerprint density at radius 2 is 2.05 bits per heavy atom. The number of rotatable bonds is 7. The molecule has 0 unspecified atom stereocenters. The molecule has 1 saturated carbocycles. The number of hydrogen-bond donors (Lipinski definition) is 1. The summed E-state index contributed by atoms with van der Waals surface area (Å²) in [6, 6.07) is 7.60. The van der Waals surface area contributed by atoms with Gasteiger partial charge in [-0.05, 0) is 24.8 Å². The SMILES string of the molecule is COc1ccccc1CC(=O)NCCO[C@@H]1CCCC[C@@H]1C. The molecule has 4 heteroatoms. The summed E-state index contributed by atoms with van der Waals surface area (Å²) >= 11 is 0. The highest BCUT2D eigenvalue weighted by Crippen LogP contribution is 2.26. The first-order chi connectivity index (χ1) is 10.7. The van der Waals surface area contributed by atoms with Gasteiger partial charge in [-0.2, -0.15) is 0 Å². The van der Waals surface area contributed by atoms with E-state index in [-0.39, 0.29) is 5.91 Å². The van der Waals surface area contributed by atoms with Crippen molar-refractivity contribution in [2.45, 2.75) is 45.1 Å². The number of para-hydroxylation sites is 1. The van der Waals surface area contributed by atoms with Crippen LogP contribution in [0.15, 0.2) is 24.3 Å². The van der Waals surface area contributed by atoms with E-state index in [0.717, 1.165) is 17.7 Å². The van der Waals surface area contributed by atoms with Crippen LogP contribution in [0.2, 0.25) is 0 Å². The van der Waals surface area contributed by atoms with Crippen molar-refractivity contribution in [3.63, 3.8) is 0 Å². The summed E-state index contributed by atoms with van der Waals surface area (Å²) in [6.45, 7) is 3.41. The summed E-state index contributed by atoms with van der Waals surface area (Å²) in [7, 11) is 1.62. The van der Waals surface area contributed by atoms with Gasteiger partial charge >= 0.3 is 0 Å². The Morgan fingerprint density at radius 3 is 2.82 bits per heavy atom. The fourth-order valence-corrected chi connectivity index (χ4v) is 3.02. The maximum absolute atomic E-state index is 12.0. The van der Waals surface area contributed by atoms with Crippen molar-refractivity contribution in [3.8, 4) is 5.75 Å². The van der Waals surface area contributed by atoms with Crippen LogP contribution in [0.4, 0.5) is 0 Å². The number of nitrogens with one attached hydrogen (secondary N) is 1. The van der Waals surface area contributed by atoms with Gasteiger partial charge in [0.1, 0.15) is 5.75 Å². The zero-order valence-corrected chi connectivity index (χ0v) is 13.6. The van der Waals surface area contributed by atoms with E-state index in [4.69, 9.17) is 9.47 Å². The van der Waals surface area contributed by atoms with Crippen LogP contribution >= 0.6 is 0 Å². The van der Waals surface area contributed by atoms with E-state index >= 15 is 0 Å². The van der Waals surface area contributed by atoms with Gasteiger partial charge in [0.2, 0.25) is 5.91 Å². The molecule has 1 aliphatic carbocycles. The minimum absolute atomic E-state index is 0.00444. The molecule has 0 radical (unpaired) electrons. The zero-order chi connectivity index (χ0) is 15.8. The first-order valence-electron chi connectivity index (χ1n) is 8.21. The van der Waals surface area contributed by atoms with Crippen LogP contribution in [0.3, 0.4) is 0 Å². The monoisotopic (exact) mass is 305 g/mol. The average Bonchev–Trinajstić information content (AvgIpc) is 2.53. The Balaban J connectivity index is 1.67. The fourth-order valence-electron chi connectivity index (χ4n) is 3.02. The quantitative estimate of drug-likeness (QED) is 0.788. The molecular formula is C18H27NO3. The second-order valence-corrected chi connectivity index (χ2v) is 6.01. The van der Waals surface area contributed by atoms with Crippen LogP contribution in [0.1, 0.15) is 38.2 Å². The third-order valence-corrected chi connectivity index (χ3v) is 4.33. The molecule has 0 bridgehead atoms. The third kappa shape index (κ3) is 5.02. The van der Waals surface area contributed by atoms with Gasteiger partial charge in [-0.3, -0.25) is 4.79 Å². The number of carbonyl (C=O) groups excluding carboxylic acids is 1. The number of hydrogen-bond acceptors (Lipinski definition) is 3. The Kier molecular flexibility index (Phi) is 6.72. The van der Waals surface area contributed by atoms with Gasteiger partial charge in [-0.1, -0.05) is 38.0 Å². The summed E-state index contributed by atoms with van der Waals surface area (Å²) in [5.41, 5.74) is 0.907. The summed E-state index contributed by atoms with van der Waals surface area (Å²) in [5, 5.41) is 2.92. The van der Waals surface area contributed by atoms with Crippen molar-refractivity contribution in [3.05, 3.63) is 29.8 Å². The normalized spacial score (nSPS) is 21.4. The minimum atomic E-state index is 0.00444. The lowest BCUT2D eigenvalue weighted by atomic mass is 9.88. The molecule has 122 valence electrons. The van der Waals surface area contributed by atoms with Gasteiger partial charge in [0.15, 0.2) is 0 Å². The molecule has 2 rings (SSSR count). The van der Waals surface area contributed by atoms with Crippen molar-refractivity contribution in [2.75, 3.05) is 20.3 Å². The fraction of sp³-hybridized carbons (Fsp3) is 0.611. The molecule has 22 heavy (non-hydrogen) atoms. The first-order valence-corrected chi connectivity index (χ1v) is 8.21. The van der Waals surface area contributed by atoms with Gasteiger partial charge in [-0.25, -0.2) is 0 Å². The summed E-state index contributed by atoms with van der Waals surface area (Å²) < 4.78 is 11.2. The lowest BCUT2D eigenvalue weighted by molar-refractivity contribution is -0.120. The lowest BCUT2D eigenvalue weighted by Gasteiger charge is -2.28. The minimum Gasteiger partial charge on any atom is -0.496 e. The van der Waals surface area contributed by atoms with E-state index in [2.05, 4.69) is 12.2 Å². The van der Waals surface area contributed by atoms with Gasteiger partial charge in [0.05, 0.1) is 26.2 Å². The number of methoxy groups -OCH3 is 1. The summed E-state index contributed by atoms with van der Waals surface area (Å²) in [4.78, 5) is 12.0. The molecule has 1 aliphatic rings. The van der Waals surface area contributed by atoms with Crippen LogP contribution < -0.4 is 10.1 Å². The Bertz CT molecular complexity index is 475. The van der Waals surface area contributed by atoms with E-state index < -0.39 is 0 Å². The highest BCUT2D eigenvalue weighted by Gasteiger charge is 2.21. The van der Waals surface area contributed by atoms with Gasteiger partial charge in [0.25, 0.3) is 0 Å². The van der Waals surface area contributed by atoms with Gasteiger partial charge < -0.3 is 14.8 Å². The highest BCUT2D eigenvalue weighted by atomic mass is 16.5. The Labute approximate surface area is 133 Å². The van der Waals surface area contributed by atoms with Crippen molar-refractivity contribution in [1.29, 1.82) is 0 Å². The lowest BCUT2D eigenvalue weighted by Crippen LogP contribution is -2.32. The van der Waals surface area contributed by atoms with Gasteiger partial charge in [-0.15, -0.1) is 0 Å². The number of amides is 1. The summed E-state index contributed by atoms with van der Waals surface area (Å²) in [5.74, 6) is 1.40. The molecule has 0 heterocycles. The van der Waals surface area contributed by atoms with E-state index in [1.165, 1.54) is 19.3 Å². The first kappa shape index (κ1) is 16.8.